The van der Waals surface area contributed by atoms with Crippen LogP contribution in [0.5, 0.6) is 5.88 Å². The molecule has 2 aromatic rings. The summed E-state index contributed by atoms with van der Waals surface area (Å²) < 4.78 is 6.81. The van der Waals surface area contributed by atoms with Gasteiger partial charge in [0.2, 0.25) is 11.8 Å². The average molecular weight is 277 g/mol. The van der Waals surface area contributed by atoms with Crippen molar-refractivity contribution in [3.63, 3.8) is 0 Å². The molecule has 0 bridgehead atoms. The summed E-state index contributed by atoms with van der Waals surface area (Å²) in [5.74, 6) is 0.414. The Morgan fingerprint density at radius 2 is 2.20 bits per heavy atom. The molecule has 4 N–H and O–H groups in total. The number of nitrogens with zero attached hydrogens (tertiary/aromatic N) is 4. The van der Waals surface area contributed by atoms with Crippen LogP contribution in [0.1, 0.15) is 6.42 Å². The van der Waals surface area contributed by atoms with E-state index < -0.39 is 5.41 Å². The number of hydrogen-bond donors (Lipinski definition) is 3. The van der Waals surface area contributed by atoms with Crippen LogP contribution in [0, 0.1) is 5.41 Å². The molecular formula is C12H15N5O3. The van der Waals surface area contributed by atoms with Crippen molar-refractivity contribution in [2.24, 2.45) is 5.41 Å². The van der Waals surface area contributed by atoms with E-state index in [9.17, 15) is 10.2 Å². The fourth-order valence-corrected chi connectivity index (χ4v) is 2.18. The topological polar surface area (TPSA) is 119 Å². The Morgan fingerprint density at radius 3 is 2.80 bits per heavy atom. The quantitative estimate of drug-likeness (QED) is 0.697. The van der Waals surface area contributed by atoms with E-state index >= 15 is 0 Å². The SMILES string of the molecule is COc1nc(N)nc2c1ncn2/C=C1\CC1(CO)CO. The Bertz CT molecular complexity index is 690. The number of imidazole rings is 1. The van der Waals surface area contributed by atoms with Gasteiger partial charge in [-0.3, -0.25) is 4.57 Å². The highest BCUT2D eigenvalue weighted by Gasteiger charge is 2.48. The number of aromatic nitrogens is 4. The number of methoxy groups -OCH3 is 1. The van der Waals surface area contributed by atoms with E-state index in [1.54, 1.807) is 17.1 Å². The van der Waals surface area contributed by atoms with Crippen LogP contribution in [0.15, 0.2) is 11.9 Å². The molecule has 106 valence electrons. The van der Waals surface area contributed by atoms with Crippen LogP contribution >= 0.6 is 0 Å². The normalized spacial score (nSPS) is 18.6. The minimum Gasteiger partial charge on any atom is -0.479 e. The Balaban J connectivity index is 2.07. The zero-order valence-corrected chi connectivity index (χ0v) is 10.9. The summed E-state index contributed by atoms with van der Waals surface area (Å²) in [6.07, 6.45) is 4.02. The molecule has 0 aliphatic heterocycles. The first-order chi connectivity index (χ1) is 9.63. The van der Waals surface area contributed by atoms with Crippen molar-refractivity contribution in [1.82, 2.24) is 19.5 Å². The summed E-state index contributed by atoms with van der Waals surface area (Å²) in [7, 11) is 1.49. The van der Waals surface area contributed by atoms with Gasteiger partial charge < -0.3 is 20.7 Å². The second kappa shape index (κ2) is 4.43. The Kier molecular flexibility index (Phi) is 2.84. The van der Waals surface area contributed by atoms with Crippen molar-refractivity contribution < 1.29 is 14.9 Å². The molecule has 8 nitrogen and oxygen atoms in total. The van der Waals surface area contributed by atoms with Crippen molar-refractivity contribution in [3.8, 4) is 5.88 Å². The molecule has 0 amide bonds. The fraction of sp³-hybridized carbons (Fsp3) is 0.417. The lowest BCUT2D eigenvalue weighted by molar-refractivity contribution is 0.143. The molecule has 0 unspecified atom stereocenters. The molecule has 1 aliphatic rings. The van der Waals surface area contributed by atoms with Gasteiger partial charge in [0.15, 0.2) is 11.2 Å². The number of aliphatic hydroxyl groups is 2. The lowest BCUT2D eigenvalue weighted by Gasteiger charge is -2.05. The minimum atomic E-state index is -0.515. The van der Waals surface area contributed by atoms with E-state index in [2.05, 4.69) is 15.0 Å². The van der Waals surface area contributed by atoms with Gasteiger partial charge in [-0.1, -0.05) is 0 Å². The second-order valence-corrected chi connectivity index (χ2v) is 4.84. The van der Waals surface area contributed by atoms with Crippen molar-refractivity contribution in [1.29, 1.82) is 0 Å². The summed E-state index contributed by atoms with van der Waals surface area (Å²) in [4.78, 5) is 12.3. The zero-order chi connectivity index (χ0) is 14.3. The van der Waals surface area contributed by atoms with Crippen molar-refractivity contribution >= 4 is 23.3 Å². The predicted molar refractivity (Wildman–Crippen MR) is 71.8 cm³/mol. The van der Waals surface area contributed by atoms with Gasteiger partial charge >= 0.3 is 0 Å². The Morgan fingerprint density at radius 1 is 1.45 bits per heavy atom. The third kappa shape index (κ3) is 1.81. The van der Waals surface area contributed by atoms with Gasteiger partial charge in [-0.25, -0.2) is 4.98 Å². The number of nitrogen functional groups attached to an aromatic ring is 1. The summed E-state index contributed by atoms with van der Waals surface area (Å²) in [5, 5.41) is 18.6. The number of ether oxygens (including phenoxy) is 1. The molecule has 0 atom stereocenters. The van der Waals surface area contributed by atoms with Crippen LogP contribution in [0.3, 0.4) is 0 Å². The van der Waals surface area contributed by atoms with Gasteiger partial charge in [0.05, 0.1) is 20.3 Å². The van der Waals surface area contributed by atoms with Crippen LogP contribution in [0.4, 0.5) is 5.95 Å². The highest BCUT2D eigenvalue weighted by Crippen LogP contribution is 2.51. The van der Waals surface area contributed by atoms with E-state index in [-0.39, 0.29) is 19.2 Å². The number of aliphatic hydroxyl groups excluding tert-OH is 2. The molecule has 0 spiro atoms. The molecule has 0 aromatic carbocycles. The maximum Gasteiger partial charge on any atom is 0.246 e. The van der Waals surface area contributed by atoms with E-state index in [4.69, 9.17) is 10.5 Å². The molecule has 20 heavy (non-hydrogen) atoms. The number of anilines is 1. The van der Waals surface area contributed by atoms with Gasteiger partial charge in [-0.05, 0) is 12.0 Å². The summed E-state index contributed by atoms with van der Waals surface area (Å²) in [5.41, 5.74) is 7.10. The van der Waals surface area contributed by atoms with Crippen LogP contribution in [0.25, 0.3) is 17.4 Å². The van der Waals surface area contributed by atoms with E-state index in [1.807, 2.05) is 0 Å². The maximum atomic E-state index is 9.30. The molecule has 3 rings (SSSR count). The summed E-state index contributed by atoms with van der Waals surface area (Å²) in [6.45, 7) is -0.162. The molecule has 0 radical (unpaired) electrons. The molecule has 1 aliphatic carbocycles. The Labute approximate surface area is 114 Å². The van der Waals surface area contributed by atoms with E-state index in [0.29, 0.717) is 23.5 Å². The van der Waals surface area contributed by atoms with Gasteiger partial charge in [-0.2, -0.15) is 9.97 Å². The van der Waals surface area contributed by atoms with Crippen LogP contribution in [0.2, 0.25) is 0 Å². The first-order valence-electron chi connectivity index (χ1n) is 6.10. The van der Waals surface area contributed by atoms with Gasteiger partial charge in [-0.15, -0.1) is 0 Å². The summed E-state index contributed by atoms with van der Waals surface area (Å²) >= 11 is 0. The van der Waals surface area contributed by atoms with Crippen molar-refractivity contribution in [3.05, 3.63) is 11.9 Å². The minimum absolute atomic E-state index is 0.0809. The summed E-state index contributed by atoms with van der Waals surface area (Å²) in [6, 6.07) is 0. The molecule has 1 fully saturated rings. The largest absolute Gasteiger partial charge is 0.479 e. The number of fused-ring (bicyclic) bond motifs is 1. The lowest BCUT2D eigenvalue weighted by Crippen LogP contribution is -2.12. The standard InChI is InChI=1S/C12H15N5O3/c1-20-10-8-9(15-11(13)16-10)17(6-14-8)3-7-2-12(7,4-18)5-19/h3,6,18-19H,2,4-5H2,1H3,(H2,13,15,16)/b7-3+. The Hall–Kier alpha value is -2.19. The van der Waals surface area contributed by atoms with Crippen molar-refractivity contribution in [2.45, 2.75) is 6.42 Å². The van der Waals surface area contributed by atoms with Gasteiger partial charge in [0, 0.05) is 11.6 Å². The molecule has 2 heterocycles. The number of rotatable bonds is 4. The molecule has 8 heteroatoms. The van der Waals surface area contributed by atoms with Crippen LogP contribution < -0.4 is 10.5 Å². The van der Waals surface area contributed by atoms with Gasteiger partial charge in [0.1, 0.15) is 6.33 Å². The van der Waals surface area contributed by atoms with E-state index in [1.165, 1.54) is 7.11 Å². The van der Waals surface area contributed by atoms with Crippen LogP contribution in [-0.4, -0.2) is 50.1 Å². The zero-order valence-electron chi connectivity index (χ0n) is 10.9. The molecule has 2 aromatic heterocycles. The smallest absolute Gasteiger partial charge is 0.246 e. The first kappa shape index (κ1) is 12.8. The third-order valence-electron chi connectivity index (χ3n) is 3.59. The number of hydrogen-bond acceptors (Lipinski definition) is 7. The van der Waals surface area contributed by atoms with Crippen LogP contribution in [-0.2, 0) is 0 Å². The van der Waals surface area contributed by atoms with Crippen molar-refractivity contribution in [2.75, 3.05) is 26.1 Å². The number of nitrogens with two attached hydrogens (primary N) is 1. The average Bonchev–Trinajstić information content (AvgIpc) is 3.02. The highest BCUT2D eigenvalue weighted by molar-refractivity contribution is 5.79. The monoisotopic (exact) mass is 277 g/mol. The third-order valence-corrected chi connectivity index (χ3v) is 3.59. The molecular weight excluding hydrogens is 262 g/mol. The predicted octanol–water partition coefficient (Wildman–Crippen LogP) is -0.367. The first-order valence-corrected chi connectivity index (χ1v) is 6.10. The van der Waals surface area contributed by atoms with Gasteiger partial charge in [0.25, 0.3) is 0 Å². The molecule has 1 saturated carbocycles. The van der Waals surface area contributed by atoms with E-state index in [0.717, 1.165) is 5.57 Å². The lowest BCUT2D eigenvalue weighted by atomic mass is 10.1. The molecule has 0 saturated heterocycles. The second-order valence-electron chi connectivity index (χ2n) is 4.84. The maximum absolute atomic E-state index is 9.30. The highest BCUT2D eigenvalue weighted by atomic mass is 16.5. The fourth-order valence-electron chi connectivity index (χ4n) is 2.18.